The molecule has 0 aliphatic carbocycles. The first kappa shape index (κ1) is 28.4. The molecule has 0 fully saturated rings. The zero-order valence-corrected chi connectivity index (χ0v) is 22.3. The lowest BCUT2D eigenvalue weighted by Crippen LogP contribution is -2.35. The fourth-order valence-corrected chi connectivity index (χ4v) is 3.95. The van der Waals surface area contributed by atoms with E-state index in [-0.39, 0.29) is 42.2 Å². The Hall–Kier alpha value is -4.21. The number of allylic oxidation sites excluding steroid dienone is 1. The highest BCUT2D eigenvalue weighted by Gasteiger charge is 2.24. The number of pyridine rings is 1. The van der Waals surface area contributed by atoms with Crippen LogP contribution < -0.4 is 5.56 Å². The molecule has 0 unspecified atom stereocenters. The number of amides is 2. The Bertz CT molecular complexity index is 1420. The lowest BCUT2D eigenvalue weighted by molar-refractivity contribution is -0.127. The number of nitrogens with zero attached hydrogens (tertiary/aromatic N) is 3. The Morgan fingerprint density at radius 3 is 2.55 bits per heavy atom. The normalized spacial score (nSPS) is 12.1. The fourth-order valence-electron chi connectivity index (χ4n) is 3.95. The molecule has 0 radical (unpaired) electrons. The molecule has 0 spiro atoms. The Labute approximate surface area is 220 Å². The molecule has 10 heteroatoms. The van der Waals surface area contributed by atoms with E-state index in [4.69, 9.17) is 4.74 Å². The van der Waals surface area contributed by atoms with Crippen molar-refractivity contribution in [3.63, 3.8) is 0 Å². The monoisotopic (exact) mass is 524 g/mol. The number of Topliss-reactive ketones (excluding diaryl/α,β-unsaturated/α-hetero) is 1. The van der Waals surface area contributed by atoms with Gasteiger partial charge in [-0.05, 0) is 55.7 Å². The maximum atomic E-state index is 13.8. The SMILES string of the molecule is Cc1cc(F)cc2cc(Cn3cccc(CC(=O)[C@H](CC/C=C/C(=O)N(C)C)OC(=O)N(C)C)c3=O)[nH]c12. The summed E-state index contributed by atoms with van der Waals surface area (Å²) in [6, 6.07) is 7.91. The molecule has 2 aromatic heterocycles. The Balaban J connectivity index is 1.76. The number of aromatic nitrogens is 2. The number of nitrogens with one attached hydrogen (secondary N) is 1. The molecule has 1 aromatic carbocycles. The summed E-state index contributed by atoms with van der Waals surface area (Å²) in [4.78, 5) is 56.1. The van der Waals surface area contributed by atoms with Gasteiger partial charge in [-0.2, -0.15) is 0 Å². The van der Waals surface area contributed by atoms with Crippen molar-refractivity contribution in [2.75, 3.05) is 28.2 Å². The average molecular weight is 525 g/mol. The van der Waals surface area contributed by atoms with Crippen molar-refractivity contribution in [3.8, 4) is 0 Å². The zero-order chi connectivity index (χ0) is 28.0. The van der Waals surface area contributed by atoms with Gasteiger partial charge in [-0.1, -0.05) is 12.1 Å². The van der Waals surface area contributed by atoms with Gasteiger partial charge in [0, 0.05) is 63.0 Å². The van der Waals surface area contributed by atoms with Crippen LogP contribution >= 0.6 is 0 Å². The van der Waals surface area contributed by atoms with Crippen LogP contribution in [0.5, 0.6) is 0 Å². The summed E-state index contributed by atoms with van der Waals surface area (Å²) in [6.07, 6.45) is 3.16. The molecule has 38 heavy (non-hydrogen) atoms. The van der Waals surface area contributed by atoms with Gasteiger partial charge in [0.1, 0.15) is 5.82 Å². The highest BCUT2D eigenvalue weighted by molar-refractivity contribution is 5.88. The smallest absolute Gasteiger partial charge is 0.409 e. The molecule has 2 heterocycles. The van der Waals surface area contributed by atoms with Gasteiger partial charge in [-0.3, -0.25) is 14.4 Å². The predicted octanol–water partition coefficient (Wildman–Crippen LogP) is 3.43. The summed E-state index contributed by atoms with van der Waals surface area (Å²) >= 11 is 0. The highest BCUT2D eigenvalue weighted by atomic mass is 19.1. The van der Waals surface area contributed by atoms with Crippen molar-refractivity contribution in [3.05, 3.63) is 81.7 Å². The molecule has 0 bridgehead atoms. The molecule has 202 valence electrons. The van der Waals surface area contributed by atoms with Crippen LogP contribution in [0.25, 0.3) is 10.9 Å². The van der Waals surface area contributed by atoms with Crippen molar-refractivity contribution in [1.29, 1.82) is 0 Å². The van der Waals surface area contributed by atoms with Gasteiger partial charge >= 0.3 is 6.09 Å². The quantitative estimate of drug-likeness (QED) is 0.409. The first-order valence-electron chi connectivity index (χ1n) is 12.2. The van der Waals surface area contributed by atoms with Gasteiger partial charge in [0.2, 0.25) is 5.91 Å². The summed E-state index contributed by atoms with van der Waals surface area (Å²) in [5, 5.41) is 0.712. The third kappa shape index (κ3) is 7.18. The van der Waals surface area contributed by atoms with E-state index in [0.717, 1.165) is 16.8 Å². The number of ketones is 1. The van der Waals surface area contributed by atoms with Crippen LogP contribution in [-0.2, 0) is 27.3 Å². The number of ether oxygens (including phenoxy) is 1. The lowest BCUT2D eigenvalue weighted by atomic mass is 10.0. The van der Waals surface area contributed by atoms with E-state index in [2.05, 4.69) is 4.98 Å². The molecule has 3 aromatic rings. The van der Waals surface area contributed by atoms with Crippen molar-refractivity contribution < 1.29 is 23.5 Å². The van der Waals surface area contributed by atoms with Gasteiger partial charge < -0.3 is 24.1 Å². The number of likely N-dealkylation sites (N-methyl/N-ethyl adjacent to an activating group) is 1. The number of fused-ring (bicyclic) bond motifs is 1. The van der Waals surface area contributed by atoms with E-state index in [1.54, 1.807) is 51.5 Å². The largest absolute Gasteiger partial charge is 0.438 e. The van der Waals surface area contributed by atoms with Crippen molar-refractivity contribution in [2.24, 2.45) is 0 Å². The van der Waals surface area contributed by atoms with E-state index in [1.807, 2.05) is 0 Å². The summed E-state index contributed by atoms with van der Waals surface area (Å²) < 4.78 is 20.6. The molecular weight excluding hydrogens is 491 g/mol. The van der Waals surface area contributed by atoms with E-state index in [1.165, 1.54) is 46.7 Å². The van der Waals surface area contributed by atoms with E-state index in [0.29, 0.717) is 11.8 Å². The number of H-pyrrole nitrogens is 1. The topological polar surface area (TPSA) is 105 Å². The number of aryl methyl sites for hydroxylation is 1. The number of hydrogen-bond acceptors (Lipinski definition) is 5. The predicted molar refractivity (Wildman–Crippen MR) is 143 cm³/mol. The first-order chi connectivity index (χ1) is 18.0. The number of rotatable bonds is 10. The molecule has 1 N–H and O–H groups in total. The minimum absolute atomic E-state index is 0.168. The van der Waals surface area contributed by atoms with Crippen molar-refractivity contribution in [2.45, 2.75) is 38.8 Å². The third-order valence-corrected chi connectivity index (χ3v) is 6.01. The number of carbonyl (C=O) groups excluding carboxylic acids is 3. The van der Waals surface area contributed by atoms with Crippen LogP contribution in [0.15, 0.2) is 53.5 Å². The van der Waals surface area contributed by atoms with E-state index >= 15 is 0 Å². The maximum absolute atomic E-state index is 13.8. The number of benzene rings is 1. The number of hydrogen-bond donors (Lipinski definition) is 1. The molecule has 9 nitrogen and oxygen atoms in total. The first-order valence-corrected chi connectivity index (χ1v) is 12.2. The van der Waals surface area contributed by atoms with Crippen LogP contribution in [0, 0.1) is 12.7 Å². The van der Waals surface area contributed by atoms with Crippen LogP contribution in [0.2, 0.25) is 0 Å². The summed E-state index contributed by atoms with van der Waals surface area (Å²) in [5.74, 6) is -0.945. The van der Waals surface area contributed by atoms with Crippen molar-refractivity contribution in [1.82, 2.24) is 19.4 Å². The molecule has 0 aliphatic heterocycles. The zero-order valence-electron chi connectivity index (χ0n) is 22.3. The van der Waals surface area contributed by atoms with Crippen molar-refractivity contribution >= 4 is 28.7 Å². The summed E-state index contributed by atoms with van der Waals surface area (Å²) in [6.45, 7) is 2.01. The molecule has 3 rings (SSSR count). The maximum Gasteiger partial charge on any atom is 0.409 e. The van der Waals surface area contributed by atoms with Gasteiger partial charge in [0.05, 0.1) is 6.54 Å². The molecular formula is C28H33FN4O5. The standard InChI is InChI=1S/C28H33FN4O5/c1-18-13-21(29)14-20-15-22(30-26(18)20)17-33-12-8-9-19(27(33)36)16-23(34)24(38-28(37)32(4)5)10-6-7-11-25(35)31(2)3/h7-9,11-15,24,30H,6,10,16-17H2,1-5H3/b11-7+/t24-/m0/s1. The Morgan fingerprint density at radius 1 is 1.13 bits per heavy atom. The van der Waals surface area contributed by atoms with Crippen LogP contribution in [0.3, 0.4) is 0 Å². The number of halogens is 1. The second-order valence-corrected chi connectivity index (χ2v) is 9.57. The van der Waals surface area contributed by atoms with E-state index in [9.17, 15) is 23.6 Å². The lowest BCUT2D eigenvalue weighted by Gasteiger charge is -2.19. The Kier molecular flexibility index (Phi) is 9.22. The third-order valence-electron chi connectivity index (χ3n) is 6.01. The van der Waals surface area contributed by atoms with E-state index < -0.39 is 18.0 Å². The molecule has 1 atom stereocenters. The fraction of sp³-hybridized carbons (Fsp3) is 0.357. The minimum Gasteiger partial charge on any atom is -0.438 e. The van der Waals surface area contributed by atoms with Gasteiger partial charge in [-0.25, -0.2) is 9.18 Å². The number of carbonyl (C=O) groups is 3. The number of aromatic amines is 1. The molecule has 0 saturated heterocycles. The molecule has 0 saturated carbocycles. The van der Waals surface area contributed by atoms with Gasteiger partial charge in [-0.15, -0.1) is 0 Å². The summed E-state index contributed by atoms with van der Waals surface area (Å²) in [7, 11) is 6.28. The van der Waals surface area contributed by atoms with Crippen LogP contribution in [0.4, 0.5) is 9.18 Å². The summed E-state index contributed by atoms with van der Waals surface area (Å²) in [5.41, 5.74) is 2.19. The highest BCUT2D eigenvalue weighted by Crippen LogP contribution is 2.21. The minimum atomic E-state index is -1.08. The second-order valence-electron chi connectivity index (χ2n) is 9.57. The average Bonchev–Trinajstić information content (AvgIpc) is 3.25. The van der Waals surface area contributed by atoms with Crippen LogP contribution in [0.1, 0.15) is 29.7 Å². The van der Waals surface area contributed by atoms with Gasteiger partial charge in [0.25, 0.3) is 5.56 Å². The second kappa shape index (κ2) is 12.4. The van der Waals surface area contributed by atoms with Gasteiger partial charge in [0.15, 0.2) is 11.9 Å². The molecule has 2 amide bonds. The molecule has 0 aliphatic rings. The van der Waals surface area contributed by atoms with Crippen LogP contribution in [-0.4, -0.2) is 71.4 Å². The Morgan fingerprint density at radius 2 is 1.87 bits per heavy atom.